The molecule has 1 N–H and O–H groups in total. The number of likely N-dealkylation sites (tertiary alicyclic amines) is 1. The quantitative estimate of drug-likeness (QED) is 0.439. The molecule has 1 aliphatic heterocycles. The van der Waals surface area contributed by atoms with Crippen LogP contribution in [0.25, 0.3) is 6.08 Å². The van der Waals surface area contributed by atoms with Crippen molar-refractivity contribution in [1.29, 1.82) is 0 Å². The molecule has 3 aliphatic carbocycles. The molecule has 2 saturated carbocycles. The number of nitrogens with one attached hydrogen (secondary N) is 1. The summed E-state index contributed by atoms with van der Waals surface area (Å²) in [5.41, 5.74) is 1.44. The number of carbonyl (C=O) groups excluding carboxylic acids is 1. The Bertz CT molecular complexity index is 1270. The molecule has 0 bridgehead atoms. The highest BCUT2D eigenvalue weighted by Crippen LogP contribution is 2.57. The molecule has 1 saturated heterocycles. The molecule has 3 nitrogen and oxygen atoms in total. The number of halogens is 4. The molecule has 1 amide bonds. The second-order valence-corrected chi connectivity index (χ2v) is 12.0. The van der Waals surface area contributed by atoms with Gasteiger partial charge in [-0.1, -0.05) is 43.3 Å². The fourth-order valence-electron chi connectivity index (χ4n) is 7.59. The van der Waals surface area contributed by atoms with E-state index in [1.165, 1.54) is 11.1 Å². The fourth-order valence-corrected chi connectivity index (χ4v) is 7.59. The second kappa shape index (κ2) is 9.22. The Morgan fingerprint density at radius 2 is 1.89 bits per heavy atom. The number of amides is 1. The summed E-state index contributed by atoms with van der Waals surface area (Å²) >= 11 is 0. The summed E-state index contributed by atoms with van der Waals surface area (Å²) in [6, 6.07) is 11.5. The van der Waals surface area contributed by atoms with Gasteiger partial charge in [-0.2, -0.15) is 13.2 Å². The van der Waals surface area contributed by atoms with Crippen LogP contribution in [0.5, 0.6) is 0 Å². The minimum Gasteiger partial charge on any atom is -0.352 e. The van der Waals surface area contributed by atoms with Gasteiger partial charge in [0.05, 0.1) is 11.0 Å². The number of nitrogens with zero attached hydrogens (tertiary/aromatic N) is 1. The van der Waals surface area contributed by atoms with Crippen LogP contribution in [0.15, 0.2) is 48.5 Å². The van der Waals surface area contributed by atoms with E-state index in [-0.39, 0.29) is 23.4 Å². The normalized spacial score (nSPS) is 31.1. The molecular weight excluding hydrogens is 492 g/mol. The van der Waals surface area contributed by atoms with E-state index in [0.717, 1.165) is 63.7 Å². The third-order valence-electron chi connectivity index (χ3n) is 9.81. The van der Waals surface area contributed by atoms with Crippen LogP contribution in [0.1, 0.15) is 67.7 Å². The third kappa shape index (κ3) is 4.37. The van der Waals surface area contributed by atoms with Gasteiger partial charge in [-0.15, -0.1) is 0 Å². The molecule has 6 rings (SSSR count). The lowest BCUT2D eigenvalue weighted by atomic mass is 9.67. The molecule has 2 aromatic rings. The molecule has 2 aromatic carbocycles. The van der Waals surface area contributed by atoms with Crippen molar-refractivity contribution in [2.45, 2.75) is 69.6 Å². The maximum atomic E-state index is 13.9. The SMILES string of the molecule is C[C@H]1CN(C2CCC(C(=O)NCc3cc(F)cc(C(F)(F)F)c3)(C3CC3)C2)CC[C@@]12C=Cc1ccccc12. The number of alkyl halides is 3. The maximum absolute atomic E-state index is 13.9. The Balaban J connectivity index is 1.13. The van der Waals surface area contributed by atoms with Crippen LogP contribution >= 0.6 is 0 Å². The van der Waals surface area contributed by atoms with E-state index in [1.807, 2.05) is 0 Å². The monoisotopic (exact) mass is 526 g/mol. The molecule has 2 unspecified atom stereocenters. The maximum Gasteiger partial charge on any atom is 0.416 e. The highest BCUT2D eigenvalue weighted by molar-refractivity contribution is 5.84. The zero-order chi connectivity index (χ0) is 26.7. The Hall–Kier alpha value is -2.67. The van der Waals surface area contributed by atoms with E-state index in [1.54, 1.807) is 0 Å². The summed E-state index contributed by atoms with van der Waals surface area (Å²) < 4.78 is 53.2. The number of benzene rings is 2. The first-order valence-corrected chi connectivity index (χ1v) is 13.8. The number of allylic oxidation sites excluding steroid dienone is 1. The number of piperidine rings is 1. The lowest BCUT2D eigenvalue weighted by Gasteiger charge is -2.46. The largest absolute Gasteiger partial charge is 0.416 e. The minimum absolute atomic E-state index is 0.0802. The van der Waals surface area contributed by atoms with Crippen LogP contribution in [-0.2, 0) is 22.9 Å². The predicted octanol–water partition coefficient (Wildman–Crippen LogP) is 6.72. The predicted molar refractivity (Wildman–Crippen MR) is 139 cm³/mol. The topological polar surface area (TPSA) is 32.3 Å². The molecule has 0 aromatic heterocycles. The zero-order valence-electron chi connectivity index (χ0n) is 21.7. The van der Waals surface area contributed by atoms with Crippen LogP contribution in [0.3, 0.4) is 0 Å². The molecule has 1 heterocycles. The van der Waals surface area contributed by atoms with Gasteiger partial charge >= 0.3 is 6.18 Å². The molecule has 4 atom stereocenters. The first kappa shape index (κ1) is 25.6. The van der Waals surface area contributed by atoms with Crippen molar-refractivity contribution < 1.29 is 22.4 Å². The lowest BCUT2D eigenvalue weighted by Crippen LogP contribution is -2.51. The molecule has 4 aliphatic rings. The summed E-state index contributed by atoms with van der Waals surface area (Å²) in [5.74, 6) is -0.256. The third-order valence-corrected chi connectivity index (χ3v) is 9.81. The Morgan fingerprint density at radius 1 is 1.11 bits per heavy atom. The number of hydrogen-bond acceptors (Lipinski definition) is 2. The molecule has 38 heavy (non-hydrogen) atoms. The summed E-state index contributed by atoms with van der Waals surface area (Å²) in [5, 5.41) is 2.89. The molecule has 202 valence electrons. The van der Waals surface area contributed by atoms with Crippen LogP contribution in [-0.4, -0.2) is 29.9 Å². The fraction of sp³-hybridized carbons (Fsp3) is 0.516. The summed E-state index contributed by atoms with van der Waals surface area (Å²) in [6.07, 6.45) is 5.64. The van der Waals surface area contributed by atoms with Crippen molar-refractivity contribution in [1.82, 2.24) is 10.2 Å². The number of hydrogen-bond donors (Lipinski definition) is 1. The zero-order valence-corrected chi connectivity index (χ0v) is 21.7. The van der Waals surface area contributed by atoms with Crippen LogP contribution in [0, 0.1) is 23.1 Å². The van der Waals surface area contributed by atoms with Crippen molar-refractivity contribution in [2.24, 2.45) is 17.3 Å². The van der Waals surface area contributed by atoms with Crippen molar-refractivity contribution >= 4 is 12.0 Å². The van der Waals surface area contributed by atoms with Gasteiger partial charge in [-0.05, 0) is 91.8 Å². The average molecular weight is 527 g/mol. The lowest BCUT2D eigenvalue weighted by molar-refractivity contribution is -0.137. The van der Waals surface area contributed by atoms with Gasteiger partial charge in [0.1, 0.15) is 5.82 Å². The van der Waals surface area contributed by atoms with Crippen LogP contribution in [0.2, 0.25) is 0 Å². The first-order valence-electron chi connectivity index (χ1n) is 13.8. The van der Waals surface area contributed by atoms with Gasteiger partial charge in [-0.25, -0.2) is 4.39 Å². The molecule has 3 fully saturated rings. The highest BCUT2D eigenvalue weighted by atomic mass is 19.4. The van der Waals surface area contributed by atoms with E-state index < -0.39 is 23.0 Å². The molecular formula is C31H34F4N2O. The van der Waals surface area contributed by atoms with Gasteiger partial charge in [0.15, 0.2) is 0 Å². The first-order chi connectivity index (χ1) is 18.1. The Labute approximate surface area is 221 Å². The van der Waals surface area contributed by atoms with E-state index in [9.17, 15) is 22.4 Å². The van der Waals surface area contributed by atoms with Crippen molar-refractivity contribution in [3.05, 3.63) is 76.6 Å². The number of rotatable bonds is 5. The van der Waals surface area contributed by atoms with Gasteiger partial charge in [0.2, 0.25) is 5.91 Å². The summed E-state index contributed by atoms with van der Waals surface area (Å²) in [6.45, 7) is 4.20. The Kier molecular flexibility index (Phi) is 6.21. The number of carbonyl (C=O) groups is 1. The van der Waals surface area contributed by atoms with Gasteiger partial charge in [0, 0.05) is 24.5 Å². The van der Waals surface area contributed by atoms with E-state index in [2.05, 4.69) is 53.6 Å². The molecule has 1 spiro atoms. The average Bonchev–Trinajstić information content (AvgIpc) is 3.54. The van der Waals surface area contributed by atoms with Crippen LogP contribution in [0.4, 0.5) is 17.6 Å². The molecule has 0 radical (unpaired) electrons. The van der Waals surface area contributed by atoms with Crippen molar-refractivity contribution in [2.75, 3.05) is 13.1 Å². The summed E-state index contributed by atoms with van der Waals surface area (Å²) in [7, 11) is 0. The van der Waals surface area contributed by atoms with Gasteiger partial charge < -0.3 is 5.32 Å². The van der Waals surface area contributed by atoms with Crippen molar-refractivity contribution in [3.8, 4) is 0 Å². The minimum atomic E-state index is -4.63. The second-order valence-electron chi connectivity index (χ2n) is 12.0. The van der Waals surface area contributed by atoms with E-state index in [4.69, 9.17) is 0 Å². The standard InChI is InChI=1S/C31H34F4N2O/c1-20-19-37(13-12-29(20)10-8-22-4-2-3-5-27(22)29)26-9-11-30(17-26,23-6-7-23)28(38)36-18-21-14-24(31(33,34)35)16-25(32)15-21/h2-5,8,10,14-16,20,23,26H,6-7,9,11-13,17-19H2,1H3,(H,36,38)/t20-,26?,29-,30?/m0/s1. The van der Waals surface area contributed by atoms with Crippen LogP contribution < -0.4 is 5.32 Å². The van der Waals surface area contributed by atoms with E-state index >= 15 is 0 Å². The van der Waals surface area contributed by atoms with E-state index in [0.29, 0.717) is 23.9 Å². The number of fused-ring (bicyclic) bond motifs is 2. The highest BCUT2D eigenvalue weighted by Gasteiger charge is 2.56. The molecule has 7 heteroatoms. The smallest absolute Gasteiger partial charge is 0.352 e. The summed E-state index contributed by atoms with van der Waals surface area (Å²) in [4.78, 5) is 16.1. The van der Waals surface area contributed by atoms with Gasteiger partial charge in [-0.3, -0.25) is 9.69 Å². The van der Waals surface area contributed by atoms with Crippen molar-refractivity contribution in [3.63, 3.8) is 0 Å². The van der Waals surface area contributed by atoms with Gasteiger partial charge in [0.25, 0.3) is 0 Å². The Morgan fingerprint density at radius 3 is 2.63 bits per heavy atom.